The van der Waals surface area contributed by atoms with E-state index in [2.05, 4.69) is 9.97 Å². The van der Waals surface area contributed by atoms with E-state index in [1.807, 2.05) is 13.8 Å². The molecular formula is C13H14N2O3. The molecule has 0 bridgehead atoms. The fourth-order valence-electron chi connectivity index (χ4n) is 1.34. The highest BCUT2D eigenvalue weighted by atomic mass is 16.4. The van der Waals surface area contributed by atoms with Gasteiger partial charge in [0.1, 0.15) is 5.56 Å². The van der Waals surface area contributed by atoms with Gasteiger partial charge in [-0.05, 0) is 24.3 Å². The number of nitrogens with one attached hydrogen (secondary N) is 1. The predicted octanol–water partition coefficient (Wildman–Crippen LogP) is 2.16. The largest absolute Gasteiger partial charge is 0.477 e. The molecule has 2 aromatic heterocycles. The minimum atomic E-state index is -1.23. The van der Waals surface area contributed by atoms with Gasteiger partial charge in [0.2, 0.25) is 0 Å². The van der Waals surface area contributed by atoms with Crippen molar-refractivity contribution in [2.24, 2.45) is 0 Å². The Morgan fingerprint density at radius 1 is 1.17 bits per heavy atom. The van der Waals surface area contributed by atoms with Crippen LogP contribution in [0.2, 0.25) is 0 Å². The second-order valence-electron chi connectivity index (χ2n) is 3.16. The van der Waals surface area contributed by atoms with Crippen molar-refractivity contribution in [3.8, 4) is 11.3 Å². The molecule has 18 heavy (non-hydrogen) atoms. The smallest absolute Gasteiger partial charge is 0.341 e. The highest BCUT2D eigenvalue weighted by molar-refractivity contribution is 5.87. The van der Waals surface area contributed by atoms with Crippen molar-refractivity contribution in [3.05, 3.63) is 52.6 Å². The monoisotopic (exact) mass is 246 g/mol. The molecule has 5 heteroatoms. The molecule has 2 heterocycles. The van der Waals surface area contributed by atoms with Gasteiger partial charge in [0.25, 0.3) is 5.56 Å². The van der Waals surface area contributed by atoms with Crippen LogP contribution in [0.3, 0.4) is 0 Å². The van der Waals surface area contributed by atoms with Gasteiger partial charge in [-0.2, -0.15) is 0 Å². The Morgan fingerprint density at radius 2 is 1.78 bits per heavy atom. The Morgan fingerprint density at radius 3 is 2.28 bits per heavy atom. The van der Waals surface area contributed by atoms with E-state index in [1.54, 1.807) is 30.6 Å². The molecule has 2 rings (SSSR count). The molecule has 2 aromatic rings. The lowest BCUT2D eigenvalue weighted by Gasteiger charge is -2.01. The van der Waals surface area contributed by atoms with Crippen molar-refractivity contribution in [1.29, 1.82) is 0 Å². The maximum Gasteiger partial charge on any atom is 0.341 e. The van der Waals surface area contributed by atoms with Crippen LogP contribution in [0.25, 0.3) is 11.3 Å². The molecule has 94 valence electrons. The fraction of sp³-hybridized carbons (Fsp3) is 0.154. The lowest BCUT2D eigenvalue weighted by Crippen LogP contribution is -2.17. The molecule has 0 aliphatic carbocycles. The van der Waals surface area contributed by atoms with E-state index < -0.39 is 11.5 Å². The minimum absolute atomic E-state index is 0.266. The zero-order valence-electron chi connectivity index (χ0n) is 10.2. The average Bonchev–Trinajstić information content (AvgIpc) is 2.41. The highest BCUT2D eigenvalue weighted by Crippen LogP contribution is 2.13. The molecule has 0 radical (unpaired) electrons. The fourth-order valence-corrected chi connectivity index (χ4v) is 1.34. The first-order chi connectivity index (χ1) is 8.68. The normalized spacial score (nSPS) is 9.22. The van der Waals surface area contributed by atoms with Crippen LogP contribution in [0, 0.1) is 0 Å². The predicted molar refractivity (Wildman–Crippen MR) is 68.6 cm³/mol. The molecule has 0 unspecified atom stereocenters. The number of hydrogen-bond donors (Lipinski definition) is 2. The molecule has 0 aliphatic rings. The number of aromatic carboxylic acids is 1. The van der Waals surface area contributed by atoms with Crippen molar-refractivity contribution < 1.29 is 9.90 Å². The number of nitrogens with zero attached hydrogens (tertiary/aromatic N) is 1. The molecular weight excluding hydrogens is 232 g/mol. The summed E-state index contributed by atoms with van der Waals surface area (Å²) in [5, 5.41) is 8.70. The molecule has 0 aromatic carbocycles. The van der Waals surface area contributed by atoms with Gasteiger partial charge in [0, 0.05) is 23.7 Å². The summed E-state index contributed by atoms with van der Waals surface area (Å²) in [6.45, 7) is 4.00. The summed E-state index contributed by atoms with van der Waals surface area (Å²) in [6.07, 6.45) is 3.19. The summed E-state index contributed by atoms with van der Waals surface area (Å²) in [6, 6.07) is 6.30. The van der Waals surface area contributed by atoms with Crippen LogP contribution in [-0.2, 0) is 0 Å². The third-order valence-corrected chi connectivity index (χ3v) is 2.13. The van der Waals surface area contributed by atoms with Gasteiger partial charge in [0.05, 0.1) is 0 Å². The van der Waals surface area contributed by atoms with Crippen LogP contribution in [0.15, 0.2) is 41.5 Å². The van der Waals surface area contributed by atoms with Crippen molar-refractivity contribution in [3.63, 3.8) is 0 Å². The third-order valence-electron chi connectivity index (χ3n) is 2.13. The Hall–Kier alpha value is -2.43. The summed E-state index contributed by atoms with van der Waals surface area (Å²) in [5.74, 6) is -1.23. The third kappa shape index (κ3) is 3.04. The Kier molecular flexibility index (Phi) is 4.80. The van der Waals surface area contributed by atoms with Crippen molar-refractivity contribution in [2.45, 2.75) is 13.8 Å². The molecule has 0 atom stereocenters. The number of carboxylic acids is 1. The Labute approximate surface area is 104 Å². The lowest BCUT2D eigenvalue weighted by molar-refractivity contribution is 0.0695. The van der Waals surface area contributed by atoms with E-state index >= 15 is 0 Å². The van der Waals surface area contributed by atoms with E-state index in [0.29, 0.717) is 5.69 Å². The molecule has 0 spiro atoms. The van der Waals surface area contributed by atoms with Gasteiger partial charge in [-0.15, -0.1) is 0 Å². The molecule has 2 N–H and O–H groups in total. The molecule has 0 aliphatic heterocycles. The lowest BCUT2D eigenvalue weighted by atomic mass is 10.1. The van der Waals surface area contributed by atoms with Gasteiger partial charge in [-0.3, -0.25) is 9.78 Å². The van der Waals surface area contributed by atoms with Crippen LogP contribution < -0.4 is 5.56 Å². The van der Waals surface area contributed by atoms with Gasteiger partial charge >= 0.3 is 5.97 Å². The van der Waals surface area contributed by atoms with Crippen LogP contribution in [-0.4, -0.2) is 21.0 Å². The van der Waals surface area contributed by atoms with Crippen molar-refractivity contribution >= 4 is 5.97 Å². The maximum atomic E-state index is 11.4. The summed E-state index contributed by atoms with van der Waals surface area (Å²) in [5.41, 5.74) is 0.473. The second-order valence-corrected chi connectivity index (χ2v) is 3.16. The number of pyridine rings is 2. The summed E-state index contributed by atoms with van der Waals surface area (Å²) < 4.78 is 0. The number of rotatable bonds is 2. The number of H-pyrrole nitrogens is 1. The topological polar surface area (TPSA) is 83.0 Å². The zero-order valence-corrected chi connectivity index (χ0v) is 10.2. The first kappa shape index (κ1) is 13.6. The number of aromatic nitrogens is 2. The standard InChI is InChI=1S/C11H8N2O3.C2H6/c14-10-8(11(15)16)1-2-9(13-10)7-3-5-12-6-4-7;1-2/h1-6H,(H,13,14)(H,15,16);1-2H3. The van der Waals surface area contributed by atoms with Crippen LogP contribution >= 0.6 is 0 Å². The summed E-state index contributed by atoms with van der Waals surface area (Å²) >= 11 is 0. The summed E-state index contributed by atoms with van der Waals surface area (Å²) in [7, 11) is 0. The van der Waals surface area contributed by atoms with E-state index in [4.69, 9.17) is 5.11 Å². The molecule has 0 saturated carbocycles. The van der Waals surface area contributed by atoms with Gasteiger partial charge in [-0.25, -0.2) is 4.79 Å². The highest BCUT2D eigenvalue weighted by Gasteiger charge is 2.08. The van der Waals surface area contributed by atoms with Gasteiger partial charge in [-0.1, -0.05) is 13.8 Å². The molecule has 0 amide bonds. The van der Waals surface area contributed by atoms with Gasteiger partial charge < -0.3 is 10.1 Å². The Bertz CT molecular complexity index is 576. The van der Waals surface area contributed by atoms with E-state index in [0.717, 1.165) is 5.56 Å². The first-order valence-corrected chi connectivity index (χ1v) is 5.55. The Balaban J connectivity index is 0.000000771. The van der Waals surface area contributed by atoms with Crippen molar-refractivity contribution in [1.82, 2.24) is 9.97 Å². The number of hydrogen-bond acceptors (Lipinski definition) is 3. The minimum Gasteiger partial charge on any atom is -0.477 e. The van der Waals surface area contributed by atoms with Crippen LogP contribution in [0.1, 0.15) is 24.2 Å². The SMILES string of the molecule is CC.O=C(O)c1ccc(-c2ccncc2)[nH]c1=O. The number of carboxylic acid groups (broad SMARTS) is 1. The quantitative estimate of drug-likeness (QED) is 0.850. The number of aromatic amines is 1. The average molecular weight is 246 g/mol. The van der Waals surface area contributed by atoms with Gasteiger partial charge in [0.15, 0.2) is 0 Å². The maximum absolute atomic E-state index is 11.4. The van der Waals surface area contributed by atoms with Crippen LogP contribution in [0.4, 0.5) is 0 Å². The number of carbonyl (C=O) groups is 1. The molecule has 0 fully saturated rings. The summed E-state index contributed by atoms with van der Waals surface area (Å²) in [4.78, 5) is 28.4. The molecule has 5 nitrogen and oxygen atoms in total. The van der Waals surface area contributed by atoms with Crippen molar-refractivity contribution in [2.75, 3.05) is 0 Å². The second kappa shape index (κ2) is 6.34. The molecule has 0 saturated heterocycles. The first-order valence-electron chi connectivity index (χ1n) is 5.55. The van der Waals surface area contributed by atoms with E-state index in [-0.39, 0.29) is 5.56 Å². The van der Waals surface area contributed by atoms with Crippen LogP contribution in [0.5, 0.6) is 0 Å². The van der Waals surface area contributed by atoms with E-state index in [1.165, 1.54) is 6.07 Å². The zero-order chi connectivity index (χ0) is 13.5. The van der Waals surface area contributed by atoms with E-state index in [9.17, 15) is 9.59 Å².